The Morgan fingerprint density at radius 3 is 2.75 bits per heavy atom. The number of fused-ring (bicyclic) bond motifs is 1. The summed E-state index contributed by atoms with van der Waals surface area (Å²) in [6.07, 6.45) is 0.789. The van der Waals surface area contributed by atoms with E-state index in [0.717, 1.165) is 17.5 Å². The van der Waals surface area contributed by atoms with Crippen molar-refractivity contribution in [2.45, 2.75) is 6.42 Å². The zero-order chi connectivity index (χ0) is 10.8. The van der Waals surface area contributed by atoms with Crippen LogP contribution in [-0.4, -0.2) is 64.9 Å². The molecule has 0 aromatic heterocycles. The predicted molar refractivity (Wildman–Crippen MR) is 63.3 cm³/mol. The first-order valence-corrected chi connectivity index (χ1v) is 4.80. The van der Waals surface area contributed by atoms with Crippen LogP contribution in [-0.2, 0) is 11.2 Å². The van der Waals surface area contributed by atoms with E-state index in [4.69, 9.17) is 5.21 Å². The number of hydrogen-bond acceptors (Lipinski definition) is 3. The number of nitrogens with zero attached hydrogens (tertiary/aromatic N) is 2. The maximum atomic E-state index is 11.8. The van der Waals surface area contributed by atoms with Crippen LogP contribution in [0.5, 0.6) is 0 Å². The minimum absolute atomic E-state index is 0. The molecule has 1 aliphatic heterocycles. The number of rotatable bonds is 0. The molecule has 1 N–H and O–H groups in total. The molecule has 80 valence electrons. The molecule has 1 heterocycles. The molecule has 1 amide bonds. The molecular weight excluding hydrogens is 215 g/mol. The number of likely N-dealkylation sites (N-methyl/N-ethyl adjacent to an activating group) is 1. The fraction of sp³-hybridized carbons (Fsp3) is 0.273. The Hall–Kier alpha value is -0.840. The summed E-state index contributed by atoms with van der Waals surface area (Å²) >= 11 is 0. The summed E-state index contributed by atoms with van der Waals surface area (Å²) in [5.41, 5.74) is 1.91. The maximum absolute atomic E-state index is 11.8. The zero-order valence-electron chi connectivity index (χ0n) is 8.47. The van der Waals surface area contributed by atoms with Crippen molar-refractivity contribution in [3.63, 3.8) is 0 Å². The summed E-state index contributed by atoms with van der Waals surface area (Å²) in [7, 11) is 1.71. The van der Waals surface area contributed by atoms with Gasteiger partial charge in [-0.3, -0.25) is 4.79 Å². The van der Waals surface area contributed by atoms with Crippen molar-refractivity contribution in [3.8, 4) is 0 Å². The first-order valence-electron chi connectivity index (χ1n) is 4.80. The van der Waals surface area contributed by atoms with Crippen LogP contribution in [0.25, 0.3) is 0 Å². The van der Waals surface area contributed by atoms with E-state index >= 15 is 0 Å². The van der Waals surface area contributed by atoms with E-state index in [1.165, 1.54) is 0 Å². The predicted octanol–water partition coefficient (Wildman–Crippen LogP) is 0.231. The Morgan fingerprint density at radius 2 is 2.06 bits per heavy atom. The first kappa shape index (κ1) is 13.2. The van der Waals surface area contributed by atoms with Crippen molar-refractivity contribution >= 4 is 41.2 Å². The normalized spacial score (nSPS) is 17.7. The molecule has 1 aliphatic rings. The van der Waals surface area contributed by atoms with Gasteiger partial charge in [0.25, 0.3) is 5.91 Å². The van der Waals surface area contributed by atoms with Crippen LogP contribution in [0.2, 0.25) is 0 Å². The van der Waals surface area contributed by atoms with E-state index in [0.29, 0.717) is 6.54 Å². The molecule has 0 unspecified atom stereocenters. The monoisotopic (exact) mass is 228 g/mol. The first-order chi connectivity index (χ1) is 7.24. The third-order valence-electron chi connectivity index (χ3n) is 2.64. The molecule has 0 saturated heterocycles. The molecule has 5 heteroatoms. The number of carbonyl (C=O) groups is 1. The van der Waals surface area contributed by atoms with Gasteiger partial charge in [-0.1, -0.05) is 29.4 Å². The van der Waals surface area contributed by atoms with Crippen LogP contribution < -0.4 is 0 Å². The van der Waals surface area contributed by atoms with Gasteiger partial charge in [0.15, 0.2) is 5.71 Å². The molecule has 0 atom stereocenters. The van der Waals surface area contributed by atoms with E-state index < -0.39 is 0 Å². The molecule has 0 saturated carbocycles. The fourth-order valence-corrected chi connectivity index (χ4v) is 1.75. The number of hydrogen-bond donors (Lipinski definition) is 1. The number of amides is 1. The Kier molecular flexibility index (Phi) is 4.53. The van der Waals surface area contributed by atoms with Crippen LogP contribution in [0.15, 0.2) is 29.4 Å². The summed E-state index contributed by atoms with van der Waals surface area (Å²) in [6, 6.07) is 7.51. The van der Waals surface area contributed by atoms with Crippen molar-refractivity contribution in [2.75, 3.05) is 13.6 Å². The Balaban J connectivity index is 0.00000128. The van der Waals surface area contributed by atoms with Gasteiger partial charge in [-0.2, -0.15) is 0 Å². The van der Waals surface area contributed by atoms with E-state index in [9.17, 15) is 4.79 Å². The number of oxime groups is 1. The molecule has 4 nitrogen and oxygen atoms in total. The van der Waals surface area contributed by atoms with Gasteiger partial charge in [-0.25, -0.2) is 0 Å². The molecule has 0 fully saturated rings. The number of carbonyl (C=O) groups excluding carboxylic acids is 1. The van der Waals surface area contributed by atoms with Crippen LogP contribution in [0, 0.1) is 0 Å². The zero-order valence-corrected chi connectivity index (χ0v) is 8.47. The fourth-order valence-electron chi connectivity index (χ4n) is 1.75. The van der Waals surface area contributed by atoms with Gasteiger partial charge in [0, 0.05) is 19.2 Å². The van der Waals surface area contributed by atoms with Crippen molar-refractivity contribution in [3.05, 3.63) is 35.4 Å². The Bertz CT molecular complexity index is 432. The summed E-state index contributed by atoms with van der Waals surface area (Å²) in [6.45, 7) is 0.648. The van der Waals surface area contributed by atoms with Crippen LogP contribution in [0.1, 0.15) is 11.1 Å². The van der Waals surface area contributed by atoms with Gasteiger partial charge in [0.2, 0.25) is 0 Å². The standard InChI is InChI=1S/C11H12N2O2.Na.H/c1-13-7-6-8-4-2-3-5-9(8)10(12-15)11(13)14;;/h2-5,15H,6-7H2,1H3;;. The third kappa shape index (κ3) is 2.29. The quantitative estimate of drug-likeness (QED) is 0.392. The summed E-state index contributed by atoms with van der Waals surface area (Å²) in [5.74, 6) is -0.234. The SMILES string of the molecule is CN1CCc2ccccc2C(=NO)C1=O.[NaH]. The van der Waals surface area contributed by atoms with Gasteiger partial charge in [0.05, 0.1) is 0 Å². The van der Waals surface area contributed by atoms with Gasteiger partial charge in [-0.15, -0.1) is 0 Å². The van der Waals surface area contributed by atoms with Crippen LogP contribution in [0.4, 0.5) is 0 Å². The Morgan fingerprint density at radius 1 is 1.38 bits per heavy atom. The number of benzene rings is 1. The van der Waals surface area contributed by atoms with Crippen LogP contribution in [0.3, 0.4) is 0 Å². The third-order valence-corrected chi connectivity index (χ3v) is 2.64. The second kappa shape index (κ2) is 5.48. The summed E-state index contributed by atoms with van der Waals surface area (Å²) in [5, 5.41) is 12.0. The van der Waals surface area contributed by atoms with Gasteiger partial charge in [0.1, 0.15) is 0 Å². The van der Waals surface area contributed by atoms with E-state index in [1.54, 1.807) is 18.0 Å². The Labute approximate surface area is 116 Å². The van der Waals surface area contributed by atoms with Gasteiger partial charge < -0.3 is 10.1 Å². The molecule has 16 heavy (non-hydrogen) atoms. The van der Waals surface area contributed by atoms with Gasteiger partial charge in [-0.05, 0) is 12.0 Å². The summed E-state index contributed by atoms with van der Waals surface area (Å²) < 4.78 is 0. The molecule has 2 rings (SSSR count). The van der Waals surface area contributed by atoms with Crippen LogP contribution >= 0.6 is 0 Å². The van der Waals surface area contributed by atoms with Crippen molar-refractivity contribution in [1.82, 2.24) is 4.90 Å². The topological polar surface area (TPSA) is 52.9 Å². The van der Waals surface area contributed by atoms with Crippen molar-refractivity contribution in [2.24, 2.45) is 5.16 Å². The molecule has 0 radical (unpaired) electrons. The minimum atomic E-state index is -0.234. The second-order valence-corrected chi connectivity index (χ2v) is 3.58. The average Bonchev–Trinajstić information content (AvgIpc) is 2.38. The molecular formula is C11H13N2NaO2. The molecule has 0 aliphatic carbocycles. The van der Waals surface area contributed by atoms with Crippen molar-refractivity contribution < 1.29 is 10.0 Å². The summed E-state index contributed by atoms with van der Waals surface area (Å²) in [4.78, 5) is 13.3. The molecule has 0 bridgehead atoms. The van der Waals surface area contributed by atoms with E-state index in [1.807, 2.05) is 18.2 Å². The average molecular weight is 228 g/mol. The molecule has 1 aromatic rings. The van der Waals surface area contributed by atoms with Crippen molar-refractivity contribution in [1.29, 1.82) is 0 Å². The van der Waals surface area contributed by atoms with E-state index in [-0.39, 0.29) is 41.2 Å². The van der Waals surface area contributed by atoms with E-state index in [2.05, 4.69) is 5.16 Å². The second-order valence-electron chi connectivity index (χ2n) is 3.58. The van der Waals surface area contributed by atoms with Gasteiger partial charge >= 0.3 is 29.6 Å². The molecule has 0 spiro atoms. The molecule has 1 aromatic carbocycles.